The van der Waals surface area contributed by atoms with E-state index in [2.05, 4.69) is 0 Å². The minimum Gasteiger partial charge on any atom is -0.492 e. The summed E-state index contributed by atoms with van der Waals surface area (Å²) in [5, 5.41) is 0. The predicted octanol–water partition coefficient (Wildman–Crippen LogP) is 2.11. The summed E-state index contributed by atoms with van der Waals surface area (Å²) in [6.45, 7) is 0.340. The molecule has 1 saturated heterocycles. The van der Waals surface area contributed by atoms with Gasteiger partial charge in [0.05, 0.1) is 12.7 Å². The van der Waals surface area contributed by atoms with Crippen LogP contribution in [0.2, 0.25) is 0 Å². The third kappa shape index (κ3) is 3.42. The van der Waals surface area contributed by atoms with Gasteiger partial charge in [-0.05, 0) is 30.9 Å². The maximum Gasteiger partial charge on any atom is 0.171 e. The van der Waals surface area contributed by atoms with E-state index in [1.165, 1.54) is 0 Å². The Morgan fingerprint density at radius 2 is 2.37 bits per heavy atom. The second-order valence-corrected chi connectivity index (χ2v) is 5.55. The number of benzene rings is 1. The number of carbonyl (C=O) groups excluding carboxylic acids is 1. The predicted molar refractivity (Wildman–Crippen MR) is 77.4 cm³/mol. The van der Waals surface area contributed by atoms with Crippen LogP contribution in [0.15, 0.2) is 18.2 Å². The van der Waals surface area contributed by atoms with Crippen molar-refractivity contribution in [2.24, 2.45) is 5.73 Å². The highest BCUT2D eigenvalue weighted by atomic mass is 32.2. The fourth-order valence-electron chi connectivity index (χ4n) is 2.09. The number of carbonyl (C=O) groups is 1. The van der Waals surface area contributed by atoms with Gasteiger partial charge in [-0.3, -0.25) is 4.79 Å². The first-order chi connectivity index (χ1) is 9.26. The van der Waals surface area contributed by atoms with Crippen molar-refractivity contribution < 1.29 is 14.3 Å². The van der Waals surface area contributed by atoms with Crippen molar-refractivity contribution in [2.75, 3.05) is 25.2 Å². The fraction of sp³-hybridized carbons (Fsp3) is 0.500. The molecule has 1 aromatic rings. The number of nitrogens with two attached hydrogens (primary N) is 1. The molecule has 1 unspecified atom stereocenters. The highest BCUT2D eigenvalue weighted by molar-refractivity contribution is 7.99. The van der Waals surface area contributed by atoms with Crippen LogP contribution in [0.3, 0.4) is 0 Å². The quantitative estimate of drug-likeness (QED) is 0.809. The molecule has 2 rings (SSSR count). The second kappa shape index (κ2) is 6.82. The Morgan fingerprint density at radius 1 is 1.53 bits per heavy atom. The van der Waals surface area contributed by atoms with Gasteiger partial charge in [-0.1, -0.05) is 6.07 Å². The average Bonchev–Trinajstić information content (AvgIpc) is 2.91. The highest BCUT2D eigenvalue weighted by Crippen LogP contribution is 2.34. The van der Waals surface area contributed by atoms with E-state index in [0.29, 0.717) is 30.0 Å². The third-order valence-corrected chi connectivity index (χ3v) is 4.17. The molecule has 0 radical (unpaired) electrons. The summed E-state index contributed by atoms with van der Waals surface area (Å²) in [5.41, 5.74) is 5.98. The molecule has 5 heteroatoms. The summed E-state index contributed by atoms with van der Waals surface area (Å²) in [6, 6.07) is 5.43. The number of ketones is 1. The van der Waals surface area contributed by atoms with E-state index in [-0.39, 0.29) is 11.9 Å². The first kappa shape index (κ1) is 14.2. The standard InChI is InChI=1S/C14H19NO3S/c1-17-14-11(12(16)5-7-15)3-2-4-13(14)18-10-6-8-19-9-10/h2-4,10H,5-9,15H2,1H3. The largest absolute Gasteiger partial charge is 0.492 e. The SMILES string of the molecule is COc1c(OC2CCSC2)cccc1C(=O)CCN. The zero-order valence-electron chi connectivity index (χ0n) is 11.1. The molecule has 1 aliphatic rings. The summed E-state index contributed by atoms with van der Waals surface area (Å²) in [6.07, 6.45) is 1.56. The van der Waals surface area contributed by atoms with Crippen molar-refractivity contribution in [3.8, 4) is 11.5 Å². The van der Waals surface area contributed by atoms with Crippen LogP contribution in [0.4, 0.5) is 0 Å². The fourth-order valence-corrected chi connectivity index (χ4v) is 3.18. The van der Waals surface area contributed by atoms with Gasteiger partial charge in [-0.15, -0.1) is 0 Å². The second-order valence-electron chi connectivity index (χ2n) is 4.40. The first-order valence-electron chi connectivity index (χ1n) is 6.41. The van der Waals surface area contributed by atoms with Crippen molar-refractivity contribution in [3.05, 3.63) is 23.8 Å². The number of thioether (sulfide) groups is 1. The Hall–Kier alpha value is -1.20. The molecule has 1 atom stereocenters. The molecule has 0 aromatic heterocycles. The van der Waals surface area contributed by atoms with Gasteiger partial charge < -0.3 is 15.2 Å². The van der Waals surface area contributed by atoms with Gasteiger partial charge >= 0.3 is 0 Å². The number of Topliss-reactive ketones (excluding diaryl/α,β-unsaturated/α-hetero) is 1. The van der Waals surface area contributed by atoms with Gasteiger partial charge in [-0.2, -0.15) is 11.8 Å². The van der Waals surface area contributed by atoms with E-state index in [4.69, 9.17) is 15.2 Å². The molecule has 0 amide bonds. The summed E-state index contributed by atoms with van der Waals surface area (Å²) in [4.78, 5) is 12.0. The van der Waals surface area contributed by atoms with Crippen LogP contribution in [0.5, 0.6) is 11.5 Å². The number of hydrogen-bond donors (Lipinski definition) is 1. The van der Waals surface area contributed by atoms with E-state index in [1.54, 1.807) is 13.2 Å². The molecular weight excluding hydrogens is 262 g/mol. The van der Waals surface area contributed by atoms with E-state index in [1.807, 2.05) is 23.9 Å². The summed E-state index contributed by atoms with van der Waals surface area (Å²) >= 11 is 1.88. The van der Waals surface area contributed by atoms with Crippen LogP contribution in [0, 0.1) is 0 Å². The van der Waals surface area contributed by atoms with Gasteiger partial charge in [0, 0.05) is 12.2 Å². The van der Waals surface area contributed by atoms with Crippen molar-refractivity contribution in [3.63, 3.8) is 0 Å². The Bertz CT molecular complexity index is 444. The summed E-state index contributed by atoms with van der Waals surface area (Å²) in [7, 11) is 1.56. The summed E-state index contributed by atoms with van der Waals surface area (Å²) in [5.74, 6) is 3.28. The van der Waals surface area contributed by atoms with Crippen molar-refractivity contribution in [1.29, 1.82) is 0 Å². The van der Waals surface area contributed by atoms with Crippen molar-refractivity contribution in [1.82, 2.24) is 0 Å². The van der Waals surface area contributed by atoms with Gasteiger partial charge in [0.2, 0.25) is 0 Å². The van der Waals surface area contributed by atoms with Gasteiger partial charge in [0.1, 0.15) is 6.10 Å². The van der Waals surface area contributed by atoms with Crippen LogP contribution in [0.25, 0.3) is 0 Å². The lowest BCUT2D eigenvalue weighted by Crippen LogP contribution is -2.16. The molecule has 1 aliphatic heterocycles. The number of para-hydroxylation sites is 1. The Morgan fingerprint density at radius 3 is 3.00 bits per heavy atom. The smallest absolute Gasteiger partial charge is 0.171 e. The summed E-state index contributed by atoms with van der Waals surface area (Å²) < 4.78 is 11.3. The normalized spacial score (nSPS) is 18.3. The van der Waals surface area contributed by atoms with Crippen molar-refractivity contribution >= 4 is 17.5 Å². The zero-order valence-corrected chi connectivity index (χ0v) is 11.9. The molecule has 1 heterocycles. The lowest BCUT2D eigenvalue weighted by atomic mass is 10.1. The molecule has 0 bridgehead atoms. The van der Waals surface area contributed by atoms with Gasteiger partial charge in [0.25, 0.3) is 0 Å². The monoisotopic (exact) mass is 281 g/mol. The van der Waals surface area contributed by atoms with Gasteiger partial charge in [0.15, 0.2) is 17.3 Å². The van der Waals surface area contributed by atoms with E-state index in [9.17, 15) is 4.79 Å². The van der Waals surface area contributed by atoms with Crippen LogP contribution in [0.1, 0.15) is 23.2 Å². The molecule has 0 saturated carbocycles. The molecule has 1 aromatic carbocycles. The lowest BCUT2D eigenvalue weighted by molar-refractivity contribution is 0.0981. The number of hydrogen-bond acceptors (Lipinski definition) is 5. The highest BCUT2D eigenvalue weighted by Gasteiger charge is 2.21. The third-order valence-electron chi connectivity index (χ3n) is 3.04. The van der Waals surface area contributed by atoms with Crippen LogP contribution in [-0.4, -0.2) is 37.0 Å². The number of ether oxygens (including phenoxy) is 2. The minimum atomic E-state index is -0.00871. The maximum absolute atomic E-state index is 12.0. The molecule has 0 spiro atoms. The van der Waals surface area contributed by atoms with Crippen LogP contribution in [-0.2, 0) is 0 Å². The van der Waals surface area contributed by atoms with E-state index >= 15 is 0 Å². The maximum atomic E-state index is 12.0. The van der Waals surface area contributed by atoms with Crippen LogP contribution < -0.4 is 15.2 Å². The Kier molecular flexibility index (Phi) is 5.10. The zero-order chi connectivity index (χ0) is 13.7. The molecule has 19 heavy (non-hydrogen) atoms. The molecule has 0 aliphatic carbocycles. The Balaban J connectivity index is 2.22. The molecule has 104 valence electrons. The Labute approximate surface area is 117 Å². The topological polar surface area (TPSA) is 61.5 Å². The molecular formula is C14H19NO3S. The molecule has 2 N–H and O–H groups in total. The first-order valence-corrected chi connectivity index (χ1v) is 7.56. The van der Waals surface area contributed by atoms with E-state index in [0.717, 1.165) is 17.9 Å². The van der Waals surface area contributed by atoms with Crippen LogP contribution >= 0.6 is 11.8 Å². The minimum absolute atomic E-state index is 0.00871. The molecule has 1 fully saturated rings. The van der Waals surface area contributed by atoms with Crippen molar-refractivity contribution in [2.45, 2.75) is 18.9 Å². The number of methoxy groups -OCH3 is 1. The van der Waals surface area contributed by atoms with Gasteiger partial charge in [-0.25, -0.2) is 0 Å². The number of rotatable bonds is 6. The average molecular weight is 281 g/mol. The lowest BCUT2D eigenvalue weighted by Gasteiger charge is -2.17. The van der Waals surface area contributed by atoms with E-state index < -0.39 is 0 Å². The molecule has 4 nitrogen and oxygen atoms in total.